The lowest BCUT2D eigenvalue weighted by Gasteiger charge is -2.38. The molecule has 1 saturated heterocycles. The molecule has 1 unspecified atom stereocenters. The summed E-state index contributed by atoms with van der Waals surface area (Å²) in [5.74, 6) is -0.662. The van der Waals surface area contributed by atoms with E-state index in [1.807, 2.05) is 30.3 Å². The first-order chi connectivity index (χ1) is 9.61. The summed E-state index contributed by atoms with van der Waals surface area (Å²) in [6.45, 7) is 3.10. The molecule has 106 valence electrons. The highest BCUT2D eigenvalue weighted by atomic mass is 16.3. The maximum Gasteiger partial charge on any atom is 0.249 e. The fourth-order valence-corrected chi connectivity index (χ4v) is 2.30. The van der Waals surface area contributed by atoms with Gasteiger partial charge in [0.05, 0.1) is 6.61 Å². The Balaban J connectivity index is 2.12. The first kappa shape index (κ1) is 14.3. The van der Waals surface area contributed by atoms with Crippen LogP contribution in [-0.4, -0.2) is 35.1 Å². The molecule has 3 N–H and O–H groups in total. The van der Waals surface area contributed by atoms with Crippen LogP contribution in [-0.2, 0) is 16.0 Å². The van der Waals surface area contributed by atoms with Crippen LogP contribution in [0.2, 0.25) is 0 Å². The number of carbonyl (C=O) groups is 2. The average molecular weight is 274 g/mol. The molecule has 20 heavy (non-hydrogen) atoms. The van der Waals surface area contributed by atoms with Gasteiger partial charge in [0.2, 0.25) is 11.8 Å². The van der Waals surface area contributed by atoms with E-state index in [2.05, 4.69) is 17.2 Å². The molecule has 2 amide bonds. The van der Waals surface area contributed by atoms with Crippen LogP contribution in [0.5, 0.6) is 0 Å². The Labute approximate surface area is 117 Å². The monoisotopic (exact) mass is 274 g/mol. The Kier molecular flexibility index (Phi) is 4.20. The molecule has 0 radical (unpaired) electrons. The van der Waals surface area contributed by atoms with Crippen molar-refractivity contribution in [2.24, 2.45) is 0 Å². The zero-order valence-electron chi connectivity index (χ0n) is 11.1. The molecule has 5 nitrogen and oxygen atoms in total. The summed E-state index contributed by atoms with van der Waals surface area (Å²) >= 11 is 0. The Bertz CT molecular complexity index is 515. The zero-order valence-corrected chi connectivity index (χ0v) is 11.1. The minimum Gasteiger partial charge on any atom is -0.393 e. The number of hydrogen-bond donors (Lipinski definition) is 3. The second-order valence-corrected chi connectivity index (χ2v) is 4.94. The average Bonchev–Trinajstić information content (AvgIpc) is 2.45. The van der Waals surface area contributed by atoms with Gasteiger partial charge in [-0.25, -0.2) is 0 Å². The number of nitrogens with one attached hydrogen (secondary N) is 2. The maximum atomic E-state index is 12.1. The van der Waals surface area contributed by atoms with E-state index in [9.17, 15) is 14.7 Å². The van der Waals surface area contributed by atoms with Gasteiger partial charge in [-0.05, 0) is 12.0 Å². The molecule has 1 fully saturated rings. The van der Waals surface area contributed by atoms with Crippen molar-refractivity contribution in [1.29, 1.82) is 0 Å². The van der Waals surface area contributed by atoms with Crippen molar-refractivity contribution in [2.75, 3.05) is 6.61 Å². The third kappa shape index (κ3) is 2.72. The SMILES string of the molecule is C=CCC1(CO)NC(=O)[C@@H](Cc2ccccc2)NC1=O. The van der Waals surface area contributed by atoms with Gasteiger partial charge < -0.3 is 15.7 Å². The zero-order chi connectivity index (χ0) is 14.6. The third-order valence-electron chi connectivity index (χ3n) is 3.46. The van der Waals surface area contributed by atoms with Crippen molar-refractivity contribution in [2.45, 2.75) is 24.4 Å². The van der Waals surface area contributed by atoms with Crippen molar-refractivity contribution in [3.05, 3.63) is 48.6 Å². The van der Waals surface area contributed by atoms with E-state index in [1.54, 1.807) is 0 Å². The number of benzene rings is 1. The molecule has 2 atom stereocenters. The molecule has 0 saturated carbocycles. The van der Waals surface area contributed by atoms with Crippen LogP contribution in [0.15, 0.2) is 43.0 Å². The van der Waals surface area contributed by atoms with Gasteiger partial charge in [0.15, 0.2) is 0 Å². The van der Waals surface area contributed by atoms with E-state index in [0.717, 1.165) is 5.56 Å². The highest BCUT2D eigenvalue weighted by Crippen LogP contribution is 2.17. The Morgan fingerprint density at radius 3 is 2.60 bits per heavy atom. The van der Waals surface area contributed by atoms with Crippen LogP contribution in [0.3, 0.4) is 0 Å². The lowest BCUT2D eigenvalue weighted by molar-refractivity contribution is -0.143. The van der Waals surface area contributed by atoms with Gasteiger partial charge >= 0.3 is 0 Å². The number of hydrogen-bond acceptors (Lipinski definition) is 3. The number of amides is 2. The van der Waals surface area contributed by atoms with E-state index in [4.69, 9.17) is 0 Å². The largest absolute Gasteiger partial charge is 0.393 e. The molecule has 0 bridgehead atoms. The summed E-state index contributed by atoms with van der Waals surface area (Å²) in [7, 11) is 0. The van der Waals surface area contributed by atoms with E-state index < -0.39 is 18.2 Å². The lowest BCUT2D eigenvalue weighted by Crippen LogP contribution is -2.71. The minimum atomic E-state index is -1.29. The first-order valence-electron chi connectivity index (χ1n) is 6.50. The van der Waals surface area contributed by atoms with Gasteiger partial charge in [0.1, 0.15) is 11.6 Å². The van der Waals surface area contributed by atoms with Crippen LogP contribution >= 0.6 is 0 Å². The smallest absolute Gasteiger partial charge is 0.249 e. The van der Waals surface area contributed by atoms with Gasteiger partial charge in [-0.15, -0.1) is 6.58 Å². The van der Waals surface area contributed by atoms with Crippen LogP contribution < -0.4 is 10.6 Å². The molecule has 0 aromatic heterocycles. The summed E-state index contributed by atoms with van der Waals surface area (Å²) in [4.78, 5) is 24.3. The number of aliphatic hydroxyl groups is 1. The molecule has 2 rings (SSSR count). The molecule has 1 aliphatic rings. The Morgan fingerprint density at radius 2 is 2.00 bits per heavy atom. The van der Waals surface area contributed by atoms with Gasteiger partial charge in [-0.1, -0.05) is 36.4 Å². The van der Waals surface area contributed by atoms with Gasteiger partial charge in [-0.2, -0.15) is 0 Å². The van der Waals surface area contributed by atoms with Crippen molar-refractivity contribution in [3.8, 4) is 0 Å². The van der Waals surface area contributed by atoms with E-state index in [1.165, 1.54) is 6.08 Å². The van der Waals surface area contributed by atoms with Crippen molar-refractivity contribution >= 4 is 11.8 Å². The summed E-state index contributed by atoms with van der Waals surface area (Å²) in [6, 6.07) is 8.84. The highest BCUT2D eigenvalue weighted by Gasteiger charge is 2.45. The van der Waals surface area contributed by atoms with Crippen LogP contribution in [0.1, 0.15) is 12.0 Å². The molecule has 0 spiro atoms. The lowest BCUT2D eigenvalue weighted by atomic mass is 9.90. The molecule has 0 aliphatic carbocycles. The van der Waals surface area contributed by atoms with Crippen molar-refractivity contribution in [3.63, 3.8) is 0 Å². The van der Waals surface area contributed by atoms with Crippen LogP contribution in [0.4, 0.5) is 0 Å². The molecule has 1 aromatic carbocycles. The fourth-order valence-electron chi connectivity index (χ4n) is 2.30. The van der Waals surface area contributed by atoms with Gasteiger partial charge in [0, 0.05) is 6.42 Å². The first-order valence-corrected chi connectivity index (χ1v) is 6.50. The summed E-state index contributed by atoms with van der Waals surface area (Å²) < 4.78 is 0. The second-order valence-electron chi connectivity index (χ2n) is 4.94. The van der Waals surface area contributed by atoms with Crippen LogP contribution in [0.25, 0.3) is 0 Å². The molecule has 1 aliphatic heterocycles. The second kappa shape index (κ2) is 5.88. The van der Waals surface area contributed by atoms with Gasteiger partial charge in [0.25, 0.3) is 0 Å². The van der Waals surface area contributed by atoms with E-state index in [0.29, 0.717) is 6.42 Å². The summed E-state index contributed by atoms with van der Waals surface area (Å²) in [5.41, 5.74) is -0.320. The molecule has 1 aromatic rings. The number of aliphatic hydroxyl groups excluding tert-OH is 1. The van der Waals surface area contributed by atoms with E-state index >= 15 is 0 Å². The predicted molar refractivity (Wildman–Crippen MR) is 74.9 cm³/mol. The molecule has 1 heterocycles. The quantitative estimate of drug-likeness (QED) is 0.669. The number of piperazine rings is 1. The molecular formula is C15H18N2O3. The van der Waals surface area contributed by atoms with Gasteiger partial charge in [-0.3, -0.25) is 9.59 Å². The highest BCUT2D eigenvalue weighted by molar-refractivity contribution is 6.00. The minimum absolute atomic E-state index is 0.194. The maximum absolute atomic E-state index is 12.1. The normalized spacial score (nSPS) is 25.8. The summed E-state index contributed by atoms with van der Waals surface area (Å²) in [5, 5.41) is 14.7. The Hall–Kier alpha value is -2.14. The Morgan fingerprint density at radius 1 is 1.30 bits per heavy atom. The standard InChI is InChI=1S/C15H18N2O3/c1-2-8-15(10-18)14(20)16-12(13(19)17-15)9-11-6-4-3-5-7-11/h2-7,12,18H,1,8-10H2,(H,16,20)(H,17,19)/t12-,15?/m1/s1. The third-order valence-corrected chi connectivity index (χ3v) is 3.46. The topological polar surface area (TPSA) is 78.4 Å². The fraction of sp³-hybridized carbons (Fsp3) is 0.333. The predicted octanol–water partition coefficient (Wildman–Crippen LogP) is 0.151. The summed E-state index contributed by atoms with van der Waals surface area (Å²) in [6.07, 6.45) is 2.13. The van der Waals surface area contributed by atoms with Crippen molar-refractivity contribution < 1.29 is 14.7 Å². The molecular weight excluding hydrogens is 256 g/mol. The van der Waals surface area contributed by atoms with Crippen molar-refractivity contribution in [1.82, 2.24) is 10.6 Å². The van der Waals surface area contributed by atoms with Crippen LogP contribution in [0, 0.1) is 0 Å². The number of rotatable bonds is 5. The molecule has 5 heteroatoms. The number of carbonyl (C=O) groups excluding carboxylic acids is 2. The van der Waals surface area contributed by atoms with E-state index in [-0.39, 0.29) is 18.2 Å².